The van der Waals surface area contributed by atoms with Gasteiger partial charge in [0.25, 0.3) is 0 Å². The van der Waals surface area contributed by atoms with Crippen LogP contribution in [0.1, 0.15) is 17.0 Å². The molecule has 1 aromatic heterocycles. The van der Waals surface area contributed by atoms with Gasteiger partial charge < -0.3 is 10.3 Å². The summed E-state index contributed by atoms with van der Waals surface area (Å²) in [6.45, 7) is 0. The van der Waals surface area contributed by atoms with Gasteiger partial charge in [-0.15, -0.1) is 0 Å². The van der Waals surface area contributed by atoms with Crippen LogP contribution in [0, 0.1) is 0 Å². The van der Waals surface area contributed by atoms with E-state index < -0.39 is 18.0 Å². The molecule has 1 unspecified atom stereocenters. The van der Waals surface area contributed by atoms with Gasteiger partial charge in [0, 0.05) is 12.0 Å². The summed E-state index contributed by atoms with van der Waals surface area (Å²) < 4.78 is 37.0. The number of rotatable bonds is 0. The summed E-state index contributed by atoms with van der Waals surface area (Å²) >= 11 is 0. The molecule has 2 rings (SSSR count). The molecule has 0 aromatic carbocycles. The van der Waals surface area contributed by atoms with Crippen molar-refractivity contribution in [1.29, 1.82) is 0 Å². The summed E-state index contributed by atoms with van der Waals surface area (Å²) in [4.78, 5) is 3.40. The van der Waals surface area contributed by atoms with Gasteiger partial charge in [-0.2, -0.15) is 13.2 Å². The molecule has 1 aliphatic carbocycles. The van der Waals surface area contributed by atoms with Crippen molar-refractivity contribution in [3.05, 3.63) is 29.1 Å². The van der Waals surface area contributed by atoms with Crippen molar-refractivity contribution < 1.29 is 23.5 Å². The van der Waals surface area contributed by atoms with E-state index in [1.165, 1.54) is 0 Å². The van der Waals surface area contributed by atoms with Gasteiger partial charge in [0.05, 0.1) is 5.69 Å². The quantitative estimate of drug-likeness (QED) is 0.521. The summed E-state index contributed by atoms with van der Waals surface area (Å²) in [5.74, 6) is 0. The Bertz CT molecular complexity index is 457. The van der Waals surface area contributed by atoms with E-state index in [1.807, 2.05) is 0 Å². The number of hydrogen-bond acceptors (Lipinski definition) is 4. The molecule has 0 saturated heterocycles. The minimum absolute atomic E-state index is 0.0452. The maximum atomic E-state index is 12.3. The Morgan fingerprint density at radius 2 is 2.06 bits per heavy atom. The monoisotopic (exact) mass is 232 g/mol. The Kier molecular flexibility index (Phi) is 2.34. The van der Waals surface area contributed by atoms with Crippen LogP contribution < -0.4 is 0 Å². The number of halogens is 3. The average molecular weight is 232 g/mol. The molecule has 7 heteroatoms. The van der Waals surface area contributed by atoms with Crippen LogP contribution in [-0.4, -0.2) is 27.1 Å². The number of aromatic nitrogens is 1. The first-order valence-corrected chi connectivity index (χ1v) is 4.41. The highest BCUT2D eigenvalue weighted by atomic mass is 19.4. The maximum Gasteiger partial charge on any atom is 0.433 e. The normalized spacial score (nSPS) is 22.5. The molecule has 86 valence electrons. The van der Waals surface area contributed by atoms with Crippen molar-refractivity contribution >= 4 is 5.71 Å². The summed E-state index contributed by atoms with van der Waals surface area (Å²) in [6.07, 6.45) is -5.69. The highest BCUT2D eigenvalue weighted by Crippen LogP contribution is 2.30. The van der Waals surface area contributed by atoms with Crippen molar-refractivity contribution in [2.75, 3.05) is 0 Å². The van der Waals surface area contributed by atoms with Crippen molar-refractivity contribution in [2.45, 2.75) is 18.7 Å². The van der Waals surface area contributed by atoms with Crippen molar-refractivity contribution in [3.8, 4) is 0 Å². The number of fused-ring (bicyclic) bond motifs is 1. The molecule has 0 saturated carbocycles. The van der Waals surface area contributed by atoms with Gasteiger partial charge in [0.1, 0.15) is 17.5 Å². The maximum absolute atomic E-state index is 12.3. The first kappa shape index (κ1) is 10.9. The molecular formula is C9H7F3N2O2. The van der Waals surface area contributed by atoms with Crippen LogP contribution in [0.2, 0.25) is 0 Å². The molecule has 4 nitrogen and oxygen atoms in total. The van der Waals surface area contributed by atoms with Crippen LogP contribution in [0.15, 0.2) is 17.3 Å². The Morgan fingerprint density at radius 1 is 1.38 bits per heavy atom. The fourth-order valence-corrected chi connectivity index (χ4v) is 1.63. The molecule has 1 atom stereocenters. The molecule has 1 heterocycles. The topological polar surface area (TPSA) is 65.7 Å². The van der Waals surface area contributed by atoms with Crippen LogP contribution in [0.4, 0.5) is 13.2 Å². The average Bonchev–Trinajstić information content (AvgIpc) is 2.50. The van der Waals surface area contributed by atoms with Crippen LogP contribution in [0.3, 0.4) is 0 Å². The molecule has 16 heavy (non-hydrogen) atoms. The first-order chi connectivity index (χ1) is 7.43. The van der Waals surface area contributed by atoms with Gasteiger partial charge in [-0.3, -0.25) is 0 Å². The van der Waals surface area contributed by atoms with E-state index in [9.17, 15) is 18.3 Å². The van der Waals surface area contributed by atoms with E-state index >= 15 is 0 Å². The number of aliphatic hydroxyl groups excluding tert-OH is 1. The van der Waals surface area contributed by atoms with E-state index in [0.29, 0.717) is 0 Å². The summed E-state index contributed by atoms with van der Waals surface area (Å²) in [5.41, 5.74) is -0.716. The second-order valence-corrected chi connectivity index (χ2v) is 3.39. The zero-order valence-electron chi connectivity index (χ0n) is 7.86. The molecular weight excluding hydrogens is 225 g/mol. The second kappa shape index (κ2) is 3.44. The zero-order chi connectivity index (χ0) is 11.9. The molecule has 0 radical (unpaired) electrons. The third kappa shape index (κ3) is 1.63. The summed E-state index contributed by atoms with van der Waals surface area (Å²) in [6, 6.07) is 1.94. The van der Waals surface area contributed by atoms with Gasteiger partial charge in [0.15, 0.2) is 0 Å². The van der Waals surface area contributed by atoms with Crippen molar-refractivity contribution in [3.63, 3.8) is 0 Å². The zero-order valence-corrected chi connectivity index (χ0v) is 7.86. The molecule has 1 aliphatic rings. The van der Waals surface area contributed by atoms with Crippen molar-refractivity contribution in [2.24, 2.45) is 5.16 Å². The molecule has 0 bridgehead atoms. The lowest BCUT2D eigenvalue weighted by Gasteiger charge is -2.06. The minimum atomic E-state index is -4.51. The number of alkyl halides is 3. The molecule has 0 spiro atoms. The Hall–Kier alpha value is -1.63. The van der Waals surface area contributed by atoms with E-state index in [4.69, 9.17) is 5.21 Å². The highest BCUT2D eigenvalue weighted by molar-refractivity contribution is 6.06. The predicted octanol–water partition coefficient (Wildman–Crippen LogP) is 1.20. The third-order valence-electron chi connectivity index (χ3n) is 2.35. The number of nitrogens with zero attached hydrogens (tertiary/aromatic N) is 2. The van der Waals surface area contributed by atoms with Crippen molar-refractivity contribution in [1.82, 2.24) is 4.98 Å². The van der Waals surface area contributed by atoms with E-state index in [2.05, 4.69) is 10.1 Å². The fourth-order valence-electron chi connectivity index (χ4n) is 1.63. The van der Waals surface area contributed by atoms with Gasteiger partial charge in [0.2, 0.25) is 0 Å². The molecule has 0 aliphatic heterocycles. The van der Waals surface area contributed by atoms with Gasteiger partial charge >= 0.3 is 6.18 Å². The standard InChI is InChI=1S/C9H7F3N2O2/c10-9(11,12)7-2-1-4-5(13-7)3-6(15)8(4)14-16/h1-2,6,15-16H,3H2. The molecule has 2 N–H and O–H groups in total. The SMILES string of the molecule is ON=C1c2ccc(C(F)(F)F)nc2CC1O. The highest BCUT2D eigenvalue weighted by Gasteiger charge is 2.36. The molecule has 0 amide bonds. The Labute approximate surface area is 88.0 Å². The lowest BCUT2D eigenvalue weighted by Crippen LogP contribution is -2.15. The van der Waals surface area contributed by atoms with E-state index in [-0.39, 0.29) is 23.4 Å². The first-order valence-electron chi connectivity index (χ1n) is 4.41. The molecule has 0 fully saturated rings. The van der Waals surface area contributed by atoms with E-state index in [0.717, 1.165) is 12.1 Å². The van der Waals surface area contributed by atoms with Crippen LogP contribution >= 0.6 is 0 Å². The fraction of sp³-hybridized carbons (Fsp3) is 0.333. The summed E-state index contributed by atoms with van der Waals surface area (Å²) in [7, 11) is 0. The van der Waals surface area contributed by atoms with Crippen LogP contribution in [-0.2, 0) is 12.6 Å². The number of hydrogen-bond donors (Lipinski definition) is 2. The number of oxime groups is 1. The second-order valence-electron chi connectivity index (χ2n) is 3.39. The van der Waals surface area contributed by atoms with Gasteiger partial charge in [-0.25, -0.2) is 4.98 Å². The van der Waals surface area contributed by atoms with Crippen LogP contribution in [0.25, 0.3) is 0 Å². The van der Waals surface area contributed by atoms with Gasteiger partial charge in [-0.1, -0.05) is 5.16 Å². The Balaban J connectivity index is 2.49. The Morgan fingerprint density at radius 3 is 2.62 bits per heavy atom. The lowest BCUT2D eigenvalue weighted by atomic mass is 10.2. The smallest absolute Gasteiger partial charge is 0.411 e. The third-order valence-corrected chi connectivity index (χ3v) is 2.35. The van der Waals surface area contributed by atoms with Gasteiger partial charge in [-0.05, 0) is 12.1 Å². The predicted molar refractivity (Wildman–Crippen MR) is 47.3 cm³/mol. The largest absolute Gasteiger partial charge is 0.433 e. The lowest BCUT2D eigenvalue weighted by molar-refractivity contribution is -0.141. The minimum Gasteiger partial charge on any atom is -0.411 e. The van der Waals surface area contributed by atoms with E-state index in [1.54, 1.807) is 0 Å². The summed E-state index contributed by atoms with van der Waals surface area (Å²) in [5, 5.41) is 20.8. The van der Waals surface area contributed by atoms with Crippen LogP contribution in [0.5, 0.6) is 0 Å². The molecule has 1 aromatic rings. The number of aliphatic hydroxyl groups is 1. The number of pyridine rings is 1.